The predicted octanol–water partition coefficient (Wildman–Crippen LogP) is 3.44. The summed E-state index contributed by atoms with van der Waals surface area (Å²) in [7, 11) is 0. The Balaban J connectivity index is 1.99. The lowest BCUT2D eigenvalue weighted by atomic mass is 9.79. The third-order valence-corrected chi connectivity index (χ3v) is 5.14. The highest BCUT2D eigenvalue weighted by molar-refractivity contribution is 4.88. The van der Waals surface area contributed by atoms with Gasteiger partial charge in [-0.2, -0.15) is 0 Å². The average molecular weight is 296 g/mol. The van der Waals surface area contributed by atoms with Crippen molar-refractivity contribution in [1.82, 2.24) is 10.2 Å². The van der Waals surface area contributed by atoms with Crippen molar-refractivity contribution in [2.24, 2.45) is 5.41 Å². The zero-order valence-corrected chi connectivity index (χ0v) is 14.5. The number of ether oxygens (including phenoxy) is 1. The van der Waals surface area contributed by atoms with Crippen LogP contribution in [0, 0.1) is 5.41 Å². The van der Waals surface area contributed by atoms with Gasteiger partial charge in [-0.15, -0.1) is 0 Å². The zero-order chi connectivity index (χ0) is 15.1. The average Bonchev–Trinajstić information content (AvgIpc) is 2.78. The lowest BCUT2D eigenvalue weighted by Crippen LogP contribution is -2.46. The minimum Gasteiger partial charge on any atom is -0.377 e. The fraction of sp³-hybridized carbons (Fsp3) is 1.00. The van der Waals surface area contributed by atoms with Crippen molar-refractivity contribution in [3.63, 3.8) is 0 Å². The van der Waals surface area contributed by atoms with Crippen LogP contribution in [0.5, 0.6) is 0 Å². The van der Waals surface area contributed by atoms with Crippen molar-refractivity contribution >= 4 is 0 Å². The van der Waals surface area contributed by atoms with E-state index in [4.69, 9.17) is 4.74 Å². The molecule has 2 aliphatic rings. The molecule has 1 heterocycles. The Kier molecular flexibility index (Phi) is 6.97. The summed E-state index contributed by atoms with van der Waals surface area (Å²) in [6.07, 6.45) is 10.1. The van der Waals surface area contributed by atoms with Gasteiger partial charge in [-0.3, -0.25) is 0 Å². The van der Waals surface area contributed by atoms with Crippen molar-refractivity contribution < 1.29 is 4.74 Å². The smallest absolute Gasteiger partial charge is 0.0673 e. The van der Waals surface area contributed by atoms with Crippen molar-refractivity contribution in [3.8, 4) is 0 Å². The monoisotopic (exact) mass is 296 g/mol. The molecule has 3 nitrogen and oxygen atoms in total. The maximum atomic E-state index is 5.82. The van der Waals surface area contributed by atoms with Gasteiger partial charge in [-0.25, -0.2) is 0 Å². The van der Waals surface area contributed by atoms with Gasteiger partial charge in [0.2, 0.25) is 0 Å². The second-order valence-electron chi connectivity index (χ2n) is 7.72. The second-order valence-corrected chi connectivity index (χ2v) is 7.72. The van der Waals surface area contributed by atoms with Crippen LogP contribution in [-0.2, 0) is 4.74 Å². The molecule has 0 bridgehead atoms. The normalized spacial score (nSPS) is 28.3. The highest BCUT2D eigenvalue weighted by Gasteiger charge is 2.33. The van der Waals surface area contributed by atoms with Crippen LogP contribution in [-0.4, -0.2) is 49.8 Å². The standard InChI is InChI=1S/C18H36N2O/c1-16(2)19-14-18(9-6-4-5-7-10-18)15-20-11-8-12-21-17(3)13-20/h16-17,19H,4-15H2,1-3H3. The van der Waals surface area contributed by atoms with E-state index in [1.165, 1.54) is 64.6 Å². The molecule has 0 spiro atoms. The Hall–Kier alpha value is -0.120. The molecule has 1 atom stereocenters. The maximum absolute atomic E-state index is 5.82. The molecule has 1 N–H and O–H groups in total. The van der Waals surface area contributed by atoms with Gasteiger partial charge < -0.3 is 15.0 Å². The first-order chi connectivity index (χ1) is 10.1. The molecule has 1 unspecified atom stereocenters. The van der Waals surface area contributed by atoms with Crippen molar-refractivity contribution in [1.29, 1.82) is 0 Å². The summed E-state index contributed by atoms with van der Waals surface area (Å²) in [5.41, 5.74) is 0.491. The molecule has 2 rings (SSSR count). The molecule has 1 aliphatic heterocycles. The van der Waals surface area contributed by atoms with Crippen molar-refractivity contribution in [2.75, 3.05) is 32.8 Å². The highest BCUT2D eigenvalue weighted by atomic mass is 16.5. The summed E-state index contributed by atoms with van der Waals surface area (Å²) in [6.45, 7) is 12.5. The molecule has 1 saturated carbocycles. The summed E-state index contributed by atoms with van der Waals surface area (Å²) in [5, 5.41) is 3.74. The van der Waals surface area contributed by atoms with E-state index in [1.54, 1.807) is 0 Å². The molecule has 21 heavy (non-hydrogen) atoms. The summed E-state index contributed by atoms with van der Waals surface area (Å²) >= 11 is 0. The predicted molar refractivity (Wildman–Crippen MR) is 89.7 cm³/mol. The Morgan fingerprint density at radius 2 is 1.86 bits per heavy atom. The first-order valence-corrected chi connectivity index (χ1v) is 9.17. The quantitative estimate of drug-likeness (QED) is 0.787. The van der Waals surface area contributed by atoms with Crippen LogP contribution < -0.4 is 5.32 Å². The second kappa shape index (κ2) is 8.50. The van der Waals surface area contributed by atoms with Crippen LogP contribution in [0.3, 0.4) is 0 Å². The summed E-state index contributed by atoms with van der Waals surface area (Å²) in [6, 6.07) is 0.594. The number of rotatable bonds is 5. The van der Waals surface area contributed by atoms with E-state index in [9.17, 15) is 0 Å². The van der Waals surface area contributed by atoms with Crippen LogP contribution in [0.4, 0.5) is 0 Å². The molecule has 1 saturated heterocycles. The molecular formula is C18H36N2O. The summed E-state index contributed by atoms with van der Waals surface area (Å²) in [5.74, 6) is 0. The van der Waals surface area contributed by atoms with Gasteiger partial charge in [0.25, 0.3) is 0 Å². The molecule has 0 amide bonds. The van der Waals surface area contributed by atoms with Gasteiger partial charge in [-0.05, 0) is 31.6 Å². The Morgan fingerprint density at radius 3 is 2.52 bits per heavy atom. The van der Waals surface area contributed by atoms with Gasteiger partial charge in [-0.1, -0.05) is 39.5 Å². The van der Waals surface area contributed by atoms with E-state index in [2.05, 4.69) is 31.0 Å². The number of nitrogens with zero attached hydrogens (tertiary/aromatic N) is 1. The van der Waals surface area contributed by atoms with Crippen LogP contribution in [0.1, 0.15) is 65.7 Å². The van der Waals surface area contributed by atoms with Gasteiger partial charge in [0.15, 0.2) is 0 Å². The van der Waals surface area contributed by atoms with E-state index >= 15 is 0 Å². The molecule has 124 valence electrons. The van der Waals surface area contributed by atoms with Crippen LogP contribution in [0.15, 0.2) is 0 Å². The molecule has 0 aromatic carbocycles. The summed E-state index contributed by atoms with van der Waals surface area (Å²) in [4.78, 5) is 2.69. The lowest BCUT2D eigenvalue weighted by molar-refractivity contribution is 0.0558. The van der Waals surface area contributed by atoms with Crippen molar-refractivity contribution in [2.45, 2.75) is 77.9 Å². The fourth-order valence-corrected chi connectivity index (χ4v) is 3.99. The van der Waals surface area contributed by atoms with E-state index in [0.717, 1.165) is 13.2 Å². The van der Waals surface area contributed by atoms with Crippen LogP contribution >= 0.6 is 0 Å². The minimum absolute atomic E-state index is 0.397. The lowest BCUT2D eigenvalue weighted by Gasteiger charge is -2.39. The van der Waals surface area contributed by atoms with E-state index < -0.39 is 0 Å². The maximum Gasteiger partial charge on any atom is 0.0673 e. The minimum atomic E-state index is 0.397. The Morgan fingerprint density at radius 1 is 1.14 bits per heavy atom. The SMILES string of the molecule is CC(C)NCC1(CN2CCCOC(C)C2)CCCCCC1. The topological polar surface area (TPSA) is 24.5 Å². The van der Waals surface area contributed by atoms with E-state index in [1.807, 2.05) is 0 Å². The van der Waals surface area contributed by atoms with Gasteiger partial charge in [0.05, 0.1) is 6.10 Å². The molecule has 2 fully saturated rings. The summed E-state index contributed by atoms with van der Waals surface area (Å²) < 4.78 is 5.82. The molecule has 0 radical (unpaired) electrons. The highest BCUT2D eigenvalue weighted by Crippen LogP contribution is 2.36. The first-order valence-electron chi connectivity index (χ1n) is 9.17. The first kappa shape index (κ1) is 17.2. The molecule has 0 aromatic rings. The molecule has 3 heteroatoms. The van der Waals surface area contributed by atoms with Gasteiger partial charge >= 0.3 is 0 Å². The largest absolute Gasteiger partial charge is 0.377 e. The van der Waals surface area contributed by atoms with Crippen LogP contribution in [0.2, 0.25) is 0 Å². The van der Waals surface area contributed by atoms with Gasteiger partial charge in [0.1, 0.15) is 0 Å². The fourth-order valence-electron chi connectivity index (χ4n) is 3.99. The van der Waals surface area contributed by atoms with Gasteiger partial charge in [0, 0.05) is 38.8 Å². The molecular weight excluding hydrogens is 260 g/mol. The Labute approximate surface area is 131 Å². The Bertz CT molecular complexity index is 285. The third-order valence-electron chi connectivity index (χ3n) is 5.14. The third kappa shape index (κ3) is 5.88. The van der Waals surface area contributed by atoms with E-state index in [0.29, 0.717) is 17.6 Å². The number of hydrogen-bond donors (Lipinski definition) is 1. The van der Waals surface area contributed by atoms with Crippen molar-refractivity contribution in [3.05, 3.63) is 0 Å². The number of nitrogens with one attached hydrogen (secondary N) is 1. The van der Waals surface area contributed by atoms with Crippen LogP contribution in [0.25, 0.3) is 0 Å². The number of hydrogen-bond acceptors (Lipinski definition) is 3. The molecule has 1 aliphatic carbocycles. The zero-order valence-electron chi connectivity index (χ0n) is 14.5. The molecule has 0 aromatic heterocycles. The van der Waals surface area contributed by atoms with E-state index in [-0.39, 0.29) is 0 Å².